The third-order valence-electron chi connectivity index (χ3n) is 2.20. The average molecular weight is 294 g/mol. The number of pyridine rings is 1. The first kappa shape index (κ1) is 15.7. The molecular weight excluding hydrogens is 285 g/mol. The van der Waals surface area contributed by atoms with Gasteiger partial charge in [0.1, 0.15) is 11.3 Å². The number of aromatic amines is 1. The van der Waals surface area contributed by atoms with Crippen molar-refractivity contribution in [2.75, 3.05) is 6.54 Å². The van der Waals surface area contributed by atoms with Crippen molar-refractivity contribution in [2.24, 2.45) is 0 Å². The lowest BCUT2D eigenvalue weighted by Crippen LogP contribution is -2.38. The second-order valence-corrected chi connectivity index (χ2v) is 3.68. The van der Waals surface area contributed by atoms with Crippen molar-refractivity contribution in [3.63, 3.8) is 0 Å². The Balaban J connectivity index is 2.85. The summed E-state index contributed by atoms with van der Waals surface area (Å²) in [5, 5.41) is 19.2. The normalized spacial score (nSPS) is 12.8. The molecule has 20 heavy (non-hydrogen) atoms. The molecule has 0 saturated heterocycles. The number of aliphatic hydroxyl groups excluding tert-OH is 1. The van der Waals surface area contributed by atoms with E-state index in [9.17, 15) is 27.6 Å². The lowest BCUT2D eigenvalue weighted by Gasteiger charge is -2.09. The van der Waals surface area contributed by atoms with Gasteiger partial charge in [-0.3, -0.25) is 9.59 Å². The number of aromatic nitrogens is 1. The Labute approximate surface area is 109 Å². The average Bonchev–Trinajstić information content (AvgIpc) is 2.34. The highest BCUT2D eigenvalue weighted by Gasteiger charge is 2.32. The fraction of sp³-hybridized carbons (Fsp3) is 0.300. The van der Waals surface area contributed by atoms with E-state index in [-0.39, 0.29) is 0 Å². The number of amides is 1. The van der Waals surface area contributed by atoms with Crippen LogP contribution in [-0.2, 0) is 11.0 Å². The molecule has 0 spiro atoms. The van der Waals surface area contributed by atoms with Crippen LogP contribution >= 0.6 is 0 Å². The predicted molar refractivity (Wildman–Crippen MR) is 58.0 cm³/mol. The molecule has 110 valence electrons. The third-order valence-corrected chi connectivity index (χ3v) is 2.20. The molecule has 1 heterocycles. The first-order valence-electron chi connectivity index (χ1n) is 5.12. The molecule has 10 heteroatoms. The number of carboxylic acids is 1. The van der Waals surface area contributed by atoms with Gasteiger partial charge in [-0.1, -0.05) is 0 Å². The maximum atomic E-state index is 12.3. The number of carbonyl (C=O) groups excluding carboxylic acids is 1. The van der Waals surface area contributed by atoms with Gasteiger partial charge in [0.2, 0.25) is 0 Å². The molecule has 4 N–H and O–H groups in total. The van der Waals surface area contributed by atoms with Crippen molar-refractivity contribution in [1.29, 1.82) is 0 Å². The largest absolute Gasteiger partial charge is 0.479 e. The summed E-state index contributed by atoms with van der Waals surface area (Å²) in [4.78, 5) is 34.5. The zero-order valence-electron chi connectivity index (χ0n) is 9.69. The molecule has 1 unspecified atom stereocenters. The summed E-state index contributed by atoms with van der Waals surface area (Å²) >= 11 is 0. The van der Waals surface area contributed by atoms with Gasteiger partial charge in [-0.05, 0) is 12.1 Å². The summed E-state index contributed by atoms with van der Waals surface area (Å²) in [6, 6.07) is 1.16. The summed E-state index contributed by atoms with van der Waals surface area (Å²) < 4.78 is 36.8. The van der Waals surface area contributed by atoms with Gasteiger partial charge in [0.05, 0.1) is 6.54 Å². The number of H-pyrrole nitrogens is 1. The molecule has 1 rings (SSSR count). The predicted octanol–water partition coefficient (Wildman–Crippen LogP) is -0.431. The highest BCUT2D eigenvalue weighted by Crippen LogP contribution is 2.26. The number of rotatable bonds is 4. The van der Waals surface area contributed by atoms with Crippen LogP contribution in [0.25, 0.3) is 0 Å². The van der Waals surface area contributed by atoms with Crippen LogP contribution in [0.1, 0.15) is 16.1 Å². The van der Waals surface area contributed by atoms with E-state index in [2.05, 4.69) is 0 Å². The second kappa shape index (κ2) is 5.74. The molecule has 0 aliphatic carbocycles. The molecule has 1 aromatic heterocycles. The summed E-state index contributed by atoms with van der Waals surface area (Å²) in [6.45, 7) is -0.686. The highest BCUT2D eigenvalue weighted by molar-refractivity contribution is 5.94. The maximum Gasteiger partial charge on any atom is 0.431 e. The summed E-state index contributed by atoms with van der Waals surface area (Å²) in [7, 11) is 0. The molecule has 1 atom stereocenters. The van der Waals surface area contributed by atoms with Crippen LogP contribution in [0.5, 0.6) is 0 Å². The van der Waals surface area contributed by atoms with E-state index in [1.807, 2.05) is 5.32 Å². The molecule has 0 bridgehead atoms. The molecule has 0 aliphatic rings. The smallest absolute Gasteiger partial charge is 0.431 e. The number of carbonyl (C=O) groups is 2. The van der Waals surface area contributed by atoms with Crippen LogP contribution in [0.4, 0.5) is 13.2 Å². The zero-order chi connectivity index (χ0) is 15.5. The van der Waals surface area contributed by atoms with Crippen LogP contribution in [0.3, 0.4) is 0 Å². The molecule has 1 amide bonds. The van der Waals surface area contributed by atoms with Crippen LogP contribution in [0.15, 0.2) is 16.9 Å². The first-order chi connectivity index (χ1) is 9.12. The van der Waals surface area contributed by atoms with Crippen molar-refractivity contribution in [3.05, 3.63) is 33.7 Å². The van der Waals surface area contributed by atoms with E-state index >= 15 is 0 Å². The Morgan fingerprint density at radius 1 is 1.35 bits per heavy atom. The fourth-order valence-electron chi connectivity index (χ4n) is 1.19. The van der Waals surface area contributed by atoms with Crippen molar-refractivity contribution in [2.45, 2.75) is 12.3 Å². The Morgan fingerprint density at radius 2 is 1.95 bits per heavy atom. The third kappa shape index (κ3) is 3.82. The minimum atomic E-state index is -4.76. The summed E-state index contributed by atoms with van der Waals surface area (Å²) in [6.07, 6.45) is -6.64. The number of hydrogen-bond donors (Lipinski definition) is 4. The number of hydrogen-bond acceptors (Lipinski definition) is 4. The van der Waals surface area contributed by atoms with Crippen LogP contribution in [0.2, 0.25) is 0 Å². The molecule has 0 aromatic carbocycles. The lowest BCUT2D eigenvalue weighted by atomic mass is 10.2. The molecule has 0 aliphatic heterocycles. The first-order valence-corrected chi connectivity index (χ1v) is 5.12. The minimum absolute atomic E-state index is 0.504. The quantitative estimate of drug-likeness (QED) is 0.600. The van der Waals surface area contributed by atoms with Crippen LogP contribution in [0, 0.1) is 0 Å². The summed E-state index contributed by atoms with van der Waals surface area (Å²) in [5.74, 6) is -2.69. The molecule has 0 radical (unpaired) electrons. The number of carboxylic acid groups (broad SMARTS) is 1. The van der Waals surface area contributed by atoms with E-state index in [0.29, 0.717) is 12.1 Å². The number of alkyl halides is 3. The monoisotopic (exact) mass is 294 g/mol. The van der Waals surface area contributed by atoms with Crippen molar-refractivity contribution in [3.8, 4) is 0 Å². The second-order valence-electron chi connectivity index (χ2n) is 3.68. The van der Waals surface area contributed by atoms with E-state index in [0.717, 1.165) is 0 Å². The molecule has 0 fully saturated rings. The van der Waals surface area contributed by atoms with Gasteiger partial charge < -0.3 is 20.5 Å². The van der Waals surface area contributed by atoms with Crippen molar-refractivity contribution >= 4 is 11.9 Å². The Kier molecular flexibility index (Phi) is 4.50. The van der Waals surface area contributed by atoms with E-state index in [1.54, 1.807) is 0 Å². The topological polar surface area (TPSA) is 119 Å². The lowest BCUT2D eigenvalue weighted by molar-refractivity contribution is -0.146. The Hall–Kier alpha value is -2.36. The molecule has 0 saturated carbocycles. The highest BCUT2D eigenvalue weighted by atomic mass is 19.4. The molecule has 1 aromatic rings. The Morgan fingerprint density at radius 3 is 2.40 bits per heavy atom. The van der Waals surface area contributed by atoms with Gasteiger partial charge in [-0.25, -0.2) is 4.79 Å². The molecular formula is C10H9F3N2O5. The van der Waals surface area contributed by atoms with E-state index in [1.165, 1.54) is 4.98 Å². The zero-order valence-corrected chi connectivity index (χ0v) is 9.69. The van der Waals surface area contributed by atoms with E-state index < -0.39 is 47.5 Å². The summed E-state index contributed by atoms with van der Waals surface area (Å²) in [5.41, 5.74) is -3.22. The number of halogens is 3. The van der Waals surface area contributed by atoms with Gasteiger partial charge in [-0.15, -0.1) is 0 Å². The van der Waals surface area contributed by atoms with Crippen molar-refractivity contribution < 1.29 is 33.0 Å². The number of aliphatic carboxylic acids is 1. The number of aliphatic hydroxyl groups is 1. The van der Waals surface area contributed by atoms with E-state index in [4.69, 9.17) is 10.2 Å². The Bertz CT molecular complexity index is 581. The van der Waals surface area contributed by atoms with Gasteiger partial charge in [0.25, 0.3) is 11.5 Å². The van der Waals surface area contributed by atoms with Gasteiger partial charge in [0, 0.05) is 0 Å². The van der Waals surface area contributed by atoms with Crippen LogP contribution < -0.4 is 10.9 Å². The minimum Gasteiger partial charge on any atom is -0.479 e. The maximum absolute atomic E-state index is 12.3. The standard InChI is InChI=1S/C10H9F3N2O5/c11-10(12,13)6-2-1-4(8(18)15-6)7(17)14-3-5(16)9(19)20/h1-2,5,16H,3H2,(H,14,17)(H,15,18)(H,19,20). The van der Waals surface area contributed by atoms with Crippen LogP contribution in [-0.4, -0.2) is 39.7 Å². The fourth-order valence-corrected chi connectivity index (χ4v) is 1.19. The molecule has 7 nitrogen and oxygen atoms in total. The van der Waals surface area contributed by atoms with Gasteiger partial charge in [-0.2, -0.15) is 13.2 Å². The van der Waals surface area contributed by atoms with Crippen molar-refractivity contribution in [1.82, 2.24) is 10.3 Å². The SMILES string of the molecule is O=C(NCC(O)C(=O)O)c1ccc(C(F)(F)F)[nH]c1=O. The van der Waals surface area contributed by atoms with Gasteiger partial charge >= 0.3 is 12.1 Å². The number of nitrogens with one attached hydrogen (secondary N) is 2. The van der Waals surface area contributed by atoms with Gasteiger partial charge in [0.15, 0.2) is 6.10 Å².